The van der Waals surface area contributed by atoms with Gasteiger partial charge in [-0.25, -0.2) is 0 Å². The Kier molecular flexibility index (Phi) is 7.26. The number of esters is 1. The summed E-state index contributed by atoms with van der Waals surface area (Å²) in [5.74, 6) is 0.455. The second kappa shape index (κ2) is 8.18. The van der Waals surface area contributed by atoms with E-state index in [2.05, 4.69) is 28.9 Å². The molecule has 1 rings (SSSR count). The molecule has 0 aliphatic rings. The second-order valence-corrected chi connectivity index (χ2v) is 7.53. The number of carbonyl (C=O) groups is 1. The Bertz CT molecular complexity index is 437. The molecule has 0 saturated carbocycles. The average molecular weight is 366 g/mol. The Morgan fingerprint density at radius 3 is 2.79 bits per heavy atom. The van der Waals surface area contributed by atoms with Gasteiger partial charge in [0.2, 0.25) is 0 Å². The van der Waals surface area contributed by atoms with Crippen LogP contribution in [0.1, 0.15) is 30.4 Å². The Hall–Kier alpha value is -0.190. The molecule has 0 aliphatic carbocycles. The number of thioether (sulfide) groups is 1. The van der Waals surface area contributed by atoms with Crippen LogP contribution in [0.2, 0.25) is 0 Å². The standard InChI is InChI=1S/C14H18BrClO2S/c1-9-5-4-6-11(10(2)14(17)18-3)13(9)19-8-7-12(15)16/h4-6,10,12H,7-8H2,1-3H3. The van der Waals surface area contributed by atoms with Gasteiger partial charge in [-0.3, -0.25) is 4.79 Å². The molecule has 0 aliphatic heterocycles. The summed E-state index contributed by atoms with van der Waals surface area (Å²) in [4.78, 5) is 12.9. The maximum atomic E-state index is 11.7. The van der Waals surface area contributed by atoms with Crippen LogP contribution in [0.5, 0.6) is 0 Å². The van der Waals surface area contributed by atoms with Gasteiger partial charge in [0.1, 0.15) is 0 Å². The van der Waals surface area contributed by atoms with Crippen LogP contribution in [-0.4, -0.2) is 23.1 Å². The van der Waals surface area contributed by atoms with E-state index in [0.29, 0.717) is 0 Å². The average Bonchev–Trinajstić information content (AvgIpc) is 2.38. The van der Waals surface area contributed by atoms with Gasteiger partial charge in [-0.1, -0.05) is 34.1 Å². The highest BCUT2D eigenvalue weighted by Gasteiger charge is 2.20. The Morgan fingerprint density at radius 2 is 2.21 bits per heavy atom. The van der Waals surface area contributed by atoms with Crippen molar-refractivity contribution in [2.24, 2.45) is 0 Å². The molecule has 19 heavy (non-hydrogen) atoms. The van der Waals surface area contributed by atoms with E-state index in [1.54, 1.807) is 11.8 Å². The van der Waals surface area contributed by atoms with E-state index in [1.807, 2.05) is 19.1 Å². The van der Waals surface area contributed by atoms with Crippen LogP contribution in [-0.2, 0) is 9.53 Å². The maximum Gasteiger partial charge on any atom is 0.312 e. The molecule has 0 aromatic heterocycles. The Labute approximate surface area is 132 Å². The minimum Gasteiger partial charge on any atom is -0.469 e. The predicted octanol–water partition coefficient (Wildman–Crippen LogP) is 4.71. The number of ether oxygens (including phenoxy) is 1. The normalized spacial score (nSPS) is 13.9. The number of carbonyl (C=O) groups excluding carboxylic acids is 1. The fourth-order valence-electron chi connectivity index (χ4n) is 1.77. The van der Waals surface area contributed by atoms with E-state index in [4.69, 9.17) is 16.3 Å². The summed E-state index contributed by atoms with van der Waals surface area (Å²) in [5, 5.41) is 0. The number of halogens is 2. The number of methoxy groups -OCH3 is 1. The fourth-order valence-corrected chi connectivity index (χ4v) is 3.80. The van der Waals surface area contributed by atoms with Crippen molar-refractivity contribution in [2.75, 3.05) is 12.9 Å². The van der Waals surface area contributed by atoms with E-state index in [1.165, 1.54) is 12.7 Å². The fraction of sp³-hybridized carbons (Fsp3) is 0.500. The third kappa shape index (κ3) is 5.01. The molecule has 1 aromatic rings. The summed E-state index contributed by atoms with van der Waals surface area (Å²) in [6, 6.07) is 6.02. The zero-order valence-corrected chi connectivity index (χ0v) is 14.4. The van der Waals surface area contributed by atoms with Crippen LogP contribution in [0.15, 0.2) is 23.1 Å². The third-order valence-electron chi connectivity index (χ3n) is 2.85. The number of hydrogen-bond acceptors (Lipinski definition) is 3. The number of aryl methyl sites for hydroxylation is 1. The summed E-state index contributed by atoms with van der Waals surface area (Å²) in [6.07, 6.45) is 0.868. The molecule has 106 valence electrons. The number of alkyl halides is 2. The van der Waals surface area contributed by atoms with Crippen molar-refractivity contribution < 1.29 is 9.53 Å². The van der Waals surface area contributed by atoms with E-state index >= 15 is 0 Å². The quantitative estimate of drug-likeness (QED) is 0.415. The lowest BCUT2D eigenvalue weighted by atomic mass is 9.99. The second-order valence-electron chi connectivity index (χ2n) is 4.27. The summed E-state index contributed by atoms with van der Waals surface area (Å²) >= 11 is 11.0. The van der Waals surface area contributed by atoms with Crippen molar-refractivity contribution in [3.05, 3.63) is 29.3 Å². The molecule has 1 aromatic carbocycles. The minimum absolute atomic E-state index is 0.00880. The monoisotopic (exact) mass is 364 g/mol. The minimum atomic E-state index is -0.247. The van der Waals surface area contributed by atoms with Gasteiger partial charge in [0.05, 0.1) is 17.3 Å². The third-order valence-corrected chi connectivity index (χ3v) is 4.81. The van der Waals surface area contributed by atoms with E-state index in [0.717, 1.165) is 22.6 Å². The smallest absolute Gasteiger partial charge is 0.312 e. The highest BCUT2D eigenvalue weighted by molar-refractivity contribution is 9.10. The van der Waals surface area contributed by atoms with Gasteiger partial charge >= 0.3 is 5.97 Å². The van der Waals surface area contributed by atoms with Gasteiger partial charge in [-0.05, 0) is 31.4 Å². The van der Waals surface area contributed by atoms with E-state index < -0.39 is 0 Å². The summed E-state index contributed by atoms with van der Waals surface area (Å²) < 4.78 is 4.82. The molecule has 2 nitrogen and oxygen atoms in total. The molecule has 0 N–H and O–H groups in total. The topological polar surface area (TPSA) is 26.3 Å². The van der Waals surface area contributed by atoms with Gasteiger partial charge in [0.15, 0.2) is 0 Å². The van der Waals surface area contributed by atoms with Gasteiger partial charge in [0, 0.05) is 10.6 Å². The van der Waals surface area contributed by atoms with Gasteiger partial charge in [0.25, 0.3) is 0 Å². The molecule has 0 heterocycles. The number of hydrogen-bond donors (Lipinski definition) is 0. The lowest BCUT2D eigenvalue weighted by Gasteiger charge is -2.16. The molecular formula is C14H18BrClO2S. The highest BCUT2D eigenvalue weighted by atomic mass is 79.9. The SMILES string of the molecule is COC(=O)C(C)c1cccc(C)c1SCCC(Cl)Br. The van der Waals surface area contributed by atoms with Crippen molar-refractivity contribution >= 4 is 45.3 Å². The largest absolute Gasteiger partial charge is 0.469 e. The van der Waals surface area contributed by atoms with Crippen LogP contribution in [0.3, 0.4) is 0 Å². The van der Waals surface area contributed by atoms with Crippen molar-refractivity contribution in [1.82, 2.24) is 0 Å². The zero-order valence-electron chi connectivity index (χ0n) is 11.3. The van der Waals surface area contributed by atoms with Crippen LogP contribution >= 0.6 is 39.3 Å². The van der Waals surface area contributed by atoms with Gasteiger partial charge < -0.3 is 4.74 Å². The predicted molar refractivity (Wildman–Crippen MR) is 85.5 cm³/mol. The number of benzene rings is 1. The molecular weight excluding hydrogens is 348 g/mol. The first kappa shape index (κ1) is 16.9. The molecule has 0 fully saturated rings. The first-order chi connectivity index (χ1) is 8.97. The van der Waals surface area contributed by atoms with Gasteiger partial charge in [-0.2, -0.15) is 0 Å². The summed E-state index contributed by atoms with van der Waals surface area (Å²) in [7, 11) is 1.42. The van der Waals surface area contributed by atoms with Crippen molar-refractivity contribution in [1.29, 1.82) is 0 Å². The van der Waals surface area contributed by atoms with Crippen molar-refractivity contribution in [3.63, 3.8) is 0 Å². The molecule has 2 atom stereocenters. The molecule has 5 heteroatoms. The maximum absolute atomic E-state index is 11.7. The van der Waals surface area contributed by atoms with Crippen LogP contribution in [0, 0.1) is 6.92 Å². The molecule has 2 unspecified atom stereocenters. The Morgan fingerprint density at radius 1 is 1.53 bits per heavy atom. The van der Waals surface area contributed by atoms with Crippen LogP contribution < -0.4 is 0 Å². The summed E-state index contributed by atoms with van der Waals surface area (Å²) in [5.41, 5.74) is 2.21. The lowest BCUT2D eigenvalue weighted by molar-refractivity contribution is -0.142. The van der Waals surface area contributed by atoms with Gasteiger partial charge in [-0.15, -0.1) is 23.4 Å². The molecule has 0 bridgehead atoms. The molecule has 0 saturated heterocycles. The first-order valence-corrected chi connectivity index (χ1v) is 8.39. The molecule has 0 amide bonds. The molecule has 0 radical (unpaired) electrons. The lowest BCUT2D eigenvalue weighted by Crippen LogP contribution is -2.12. The van der Waals surface area contributed by atoms with E-state index in [9.17, 15) is 4.79 Å². The summed E-state index contributed by atoms with van der Waals surface area (Å²) in [6.45, 7) is 3.93. The van der Waals surface area contributed by atoms with E-state index in [-0.39, 0.29) is 16.2 Å². The van der Waals surface area contributed by atoms with Crippen molar-refractivity contribution in [3.8, 4) is 0 Å². The van der Waals surface area contributed by atoms with Crippen LogP contribution in [0.25, 0.3) is 0 Å². The Balaban J connectivity index is 2.91. The zero-order chi connectivity index (χ0) is 14.4. The first-order valence-electron chi connectivity index (χ1n) is 6.05. The van der Waals surface area contributed by atoms with Crippen molar-refractivity contribution in [2.45, 2.75) is 35.4 Å². The van der Waals surface area contributed by atoms with Crippen LogP contribution in [0.4, 0.5) is 0 Å². The molecule has 0 spiro atoms. The highest BCUT2D eigenvalue weighted by Crippen LogP contribution is 2.33. The number of rotatable bonds is 6.